The highest BCUT2D eigenvalue weighted by molar-refractivity contribution is 14.1. The molecule has 2 aromatic rings. The normalized spacial score (nSPS) is 10.7. The number of nitrogens with zero attached hydrogens (tertiary/aromatic N) is 1. The Balaban J connectivity index is 2.01. The molecule has 0 fully saturated rings. The number of carbonyl (C=O) groups excluding carboxylic acids is 1. The molecule has 2 rings (SSSR count). The molecule has 0 aromatic heterocycles. The van der Waals surface area contributed by atoms with Crippen molar-refractivity contribution in [3.05, 3.63) is 57.7 Å². The maximum atomic E-state index is 10.6. The van der Waals surface area contributed by atoms with E-state index in [-0.39, 0.29) is 6.61 Å². The van der Waals surface area contributed by atoms with Gasteiger partial charge in [0.15, 0.2) is 6.61 Å². The van der Waals surface area contributed by atoms with Crippen LogP contribution >= 0.6 is 22.6 Å². The van der Waals surface area contributed by atoms with Crippen molar-refractivity contribution in [2.45, 2.75) is 0 Å². The lowest BCUT2D eigenvalue weighted by Crippen LogP contribution is -2.19. The first-order valence-electron chi connectivity index (χ1n) is 5.94. The molecule has 4 nitrogen and oxygen atoms in total. The van der Waals surface area contributed by atoms with Crippen molar-refractivity contribution in [1.82, 2.24) is 0 Å². The quantitative estimate of drug-likeness (QED) is 0.641. The summed E-state index contributed by atoms with van der Waals surface area (Å²) in [7, 11) is 0. The summed E-state index contributed by atoms with van der Waals surface area (Å²) in [6, 6.07) is 15.2. The molecule has 0 aliphatic carbocycles. The van der Waals surface area contributed by atoms with Crippen molar-refractivity contribution in [2.75, 3.05) is 6.61 Å². The van der Waals surface area contributed by atoms with Crippen LogP contribution in [0, 0.1) is 3.57 Å². The third kappa shape index (κ3) is 4.65. The van der Waals surface area contributed by atoms with E-state index in [4.69, 9.17) is 10.5 Å². The van der Waals surface area contributed by atoms with Crippen molar-refractivity contribution in [3.8, 4) is 5.75 Å². The topological polar surface area (TPSA) is 64.7 Å². The highest BCUT2D eigenvalue weighted by atomic mass is 127. The van der Waals surface area contributed by atoms with Crippen LogP contribution in [-0.4, -0.2) is 18.7 Å². The maximum Gasteiger partial charge on any atom is 0.255 e. The van der Waals surface area contributed by atoms with Crippen LogP contribution in [-0.2, 0) is 4.79 Å². The van der Waals surface area contributed by atoms with Crippen molar-refractivity contribution >= 4 is 40.4 Å². The summed E-state index contributed by atoms with van der Waals surface area (Å²) < 4.78 is 6.33. The van der Waals surface area contributed by atoms with Crippen LogP contribution in [0.2, 0.25) is 0 Å². The van der Waals surface area contributed by atoms with E-state index < -0.39 is 5.91 Å². The fraction of sp³-hybridized carbons (Fsp3) is 0.0667. The minimum Gasteiger partial charge on any atom is -0.484 e. The number of aliphatic imine (C=N–C) groups is 1. The molecule has 1 amide bonds. The van der Waals surface area contributed by atoms with E-state index in [0.717, 1.165) is 14.8 Å². The summed E-state index contributed by atoms with van der Waals surface area (Å²) in [4.78, 5) is 15.0. The van der Waals surface area contributed by atoms with Gasteiger partial charge >= 0.3 is 0 Å². The molecule has 0 atom stereocenters. The molecule has 0 spiro atoms. The lowest BCUT2D eigenvalue weighted by Gasteiger charge is -2.03. The molecule has 2 aromatic carbocycles. The van der Waals surface area contributed by atoms with Gasteiger partial charge in [-0.1, -0.05) is 6.07 Å². The van der Waals surface area contributed by atoms with E-state index in [1.54, 1.807) is 18.3 Å². The lowest BCUT2D eigenvalue weighted by atomic mass is 10.2. The maximum absolute atomic E-state index is 10.6. The Hall–Kier alpha value is -1.89. The van der Waals surface area contributed by atoms with Crippen LogP contribution in [0.3, 0.4) is 0 Å². The van der Waals surface area contributed by atoms with Gasteiger partial charge in [-0.3, -0.25) is 9.79 Å². The van der Waals surface area contributed by atoms with Crippen LogP contribution in [0.5, 0.6) is 5.75 Å². The van der Waals surface area contributed by atoms with Crippen LogP contribution < -0.4 is 10.5 Å². The SMILES string of the molecule is NC(=O)COc1ccc(C=Nc2cccc(I)c2)cc1. The summed E-state index contributed by atoms with van der Waals surface area (Å²) in [5, 5.41) is 0. The van der Waals surface area contributed by atoms with Crippen molar-refractivity contribution < 1.29 is 9.53 Å². The Kier molecular flexibility index (Phi) is 5.11. The van der Waals surface area contributed by atoms with E-state index >= 15 is 0 Å². The first-order chi connectivity index (χ1) is 9.63. The number of hydrogen-bond donors (Lipinski definition) is 1. The van der Waals surface area contributed by atoms with Crippen LogP contribution in [0.15, 0.2) is 53.5 Å². The van der Waals surface area contributed by atoms with Gasteiger partial charge in [0.05, 0.1) is 5.69 Å². The Morgan fingerprint density at radius 1 is 1.25 bits per heavy atom. The second-order valence-electron chi connectivity index (χ2n) is 4.06. The van der Waals surface area contributed by atoms with Gasteiger partial charge in [0, 0.05) is 9.78 Å². The molecule has 0 saturated carbocycles. The van der Waals surface area contributed by atoms with E-state index in [9.17, 15) is 4.79 Å². The molecule has 0 bridgehead atoms. The standard InChI is InChI=1S/C15H13IN2O2/c16-12-2-1-3-13(8-12)18-9-11-4-6-14(7-5-11)20-10-15(17)19/h1-9H,10H2,(H2,17,19). The van der Waals surface area contributed by atoms with Gasteiger partial charge in [0.1, 0.15) is 5.75 Å². The van der Waals surface area contributed by atoms with Gasteiger partial charge in [0.2, 0.25) is 0 Å². The molecule has 0 aliphatic rings. The van der Waals surface area contributed by atoms with Gasteiger partial charge < -0.3 is 10.5 Å². The number of nitrogens with two attached hydrogens (primary N) is 1. The van der Waals surface area contributed by atoms with E-state index in [1.807, 2.05) is 36.4 Å². The van der Waals surface area contributed by atoms with Gasteiger partial charge in [-0.05, 0) is 70.6 Å². The molecule has 20 heavy (non-hydrogen) atoms. The predicted octanol–water partition coefficient (Wildman–Crippen LogP) is 2.91. The number of primary amides is 1. The molecular weight excluding hydrogens is 367 g/mol. The molecule has 0 radical (unpaired) electrons. The summed E-state index contributed by atoms with van der Waals surface area (Å²) in [6.45, 7) is -0.115. The second kappa shape index (κ2) is 7.04. The van der Waals surface area contributed by atoms with Crippen molar-refractivity contribution in [2.24, 2.45) is 10.7 Å². The lowest BCUT2D eigenvalue weighted by molar-refractivity contribution is -0.119. The molecule has 0 heterocycles. The summed E-state index contributed by atoms with van der Waals surface area (Å²) in [5.41, 5.74) is 6.87. The van der Waals surface area contributed by atoms with Gasteiger partial charge in [0.25, 0.3) is 5.91 Å². The molecule has 0 saturated heterocycles. The van der Waals surface area contributed by atoms with Gasteiger partial charge in [-0.2, -0.15) is 0 Å². The Morgan fingerprint density at radius 3 is 2.65 bits per heavy atom. The van der Waals surface area contributed by atoms with E-state index in [1.165, 1.54) is 0 Å². The Morgan fingerprint density at radius 2 is 2.00 bits per heavy atom. The summed E-state index contributed by atoms with van der Waals surface area (Å²) in [6.07, 6.45) is 1.78. The number of amides is 1. The average molecular weight is 380 g/mol. The fourth-order valence-corrected chi connectivity index (χ4v) is 2.04. The number of ether oxygens (including phenoxy) is 1. The zero-order valence-electron chi connectivity index (χ0n) is 10.6. The number of hydrogen-bond acceptors (Lipinski definition) is 3. The molecule has 0 unspecified atom stereocenters. The number of rotatable bonds is 5. The minimum absolute atomic E-state index is 0.115. The zero-order chi connectivity index (χ0) is 14.4. The first kappa shape index (κ1) is 14.5. The first-order valence-corrected chi connectivity index (χ1v) is 7.02. The molecule has 102 valence electrons. The van der Waals surface area contributed by atoms with E-state index in [2.05, 4.69) is 27.6 Å². The van der Waals surface area contributed by atoms with Gasteiger partial charge in [-0.15, -0.1) is 0 Å². The number of halogens is 1. The van der Waals surface area contributed by atoms with Crippen LogP contribution in [0.1, 0.15) is 5.56 Å². The zero-order valence-corrected chi connectivity index (χ0v) is 12.8. The molecule has 0 aliphatic heterocycles. The monoisotopic (exact) mass is 380 g/mol. The van der Waals surface area contributed by atoms with E-state index in [0.29, 0.717) is 5.75 Å². The second-order valence-corrected chi connectivity index (χ2v) is 5.31. The average Bonchev–Trinajstić information content (AvgIpc) is 2.44. The number of benzene rings is 2. The minimum atomic E-state index is -0.491. The third-order valence-electron chi connectivity index (χ3n) is 2.43. The van der Waals surface area contributed by atoms with Crippen molar-refractivity contribution in [3.63, 3.8) is 0 Å². The molecular formula is C15H13IN2O2. The fourth-order valence-electron chi connectivity index (χ4n) is 1.51. The predicted molar refractivity (Wildman–Crippen MR) is 87.5 cm³/mol. The third-order valence-corrected chi connectivity index (χ3v) is 3.10. The van der Waals surface area contributed by atoms with Crippen LogP contribution in [0.25, 0.3) is 0 Å². The van der Waals surface area contributed by atoms with Crippen molar-refractivity contribution in [1.29, 1.82) is 0 Å². The van der Waals surface area contributed by atoms with Crippen LogP contribution in [0.4, 0.5) is 5.69 Å². The molecule has 5 heteroatoms. The smallest absolute Gasteiger partial charge is 0.255 e. The summed E-state index contributed by atoms with van der Waals surface area (Å²) in [5.74, 6) is 0.115. The summed E-state index contributed by atoms with van der Waals surface area (Å²) >= 11 is 2.25. The highest BCUT2D eigenvalue weighted by Gasteiger charge is 1.97. The Labute approximate surface area is 130 Å². The van der Waals surface area contributed by atoms with Gasteiger partial charge in [-0.25, -0.2) is 0 Å². The number of carbonyl (C=O) groups is 1. The molecule has 2 N–H and O–H groups in total. The Bertz CT molecular complexity index is 624. The highest BCUT2D eigenvalue weighted by Crippen LogP contribution is 2.16. The largest absolute Gasteiger partial charge is 0.484 e.